The summed E-state index contributed by atoms with van der Waals surface area (Å²) in [6, 6.07) is 23.8. The monoisotopic (exact) mass is 407 g/mol. The largest absolute Gasteiger partial charge is 0.497 e. The zero-order chi connectivity index (χ0) is 19.5. The fourth-order valence-corrected chi connectivity index (χ4v) is 4.14. The van der Waals surface area contributed by atoms with E-state index in [1.165, 1.54) is 0 Å². The number of benzene rings is 3. The Hall–Kier alpha value is -2.82. The Morgan fingerprint density at radius 3 is 1.71 bits per heavy atom. The van der Waals surface area contributed by atoms with Crippen molar-refractivity contribution in [2.24, 2.45) is 0 Å². The van der Waals surface area contributed by atoms with E-state index in [-0.39, 0.29) is 0 Å². The Morgan fingerprint density at radius 1 is 0.679 bits per heavy atom. The lowest BCUT2D eigenvalue weighted by atomic mass is 10.1. The van der Waals surface area contributed by atoms with Crippen molar-refractivity contribution in [3.05, 3.63) is 77.8 Å². The number of rotatable bonds is 5. The lowest BCUT2D eigenvalue weighted by molar-refractivity contribution is 0.414. The van der Waals surface area contributed by atoms with Gasteiger partial charge >= 0.3 is 0 Å². The summed E-state index contributed by atoms with van der Waals surface area (Å²) in [4.78, 5) is 6.07. The average Bonchev–Trinajstić information content (AvgIpc) is 3.20. The summed E-state index contributed by atoms with van der Waals surface area (Å²) in [5, 5.41) is 1.67. The van der Waals surface area contributed by atoms with Crippen molar-refractivity contribution in [2.75, 3.05) is 14.2 Å². The molecule has 28 heavy (non-hydrogen) atoms. The maximum Gasteiger partial charge on any atom is 0.124 e. The molecule has 1 aromatic heterocycles. The molecule has 0 saturated heterocycles. The Morgan fingerprint density at radius 2 is 1.18 bits per heavy atom. The van der Waals surface area contributed by atoms with Gasteiger partial charge in [0.25, 0.3) is 0 Å². The van der Waals surface area contributed by atoms with Gasteiger partial charge in [-0.15, -0.1) is 11.3 Å². The number of thiazole rings is 1. The third-order valence-corrected chi connectivity index (χ3v) is 5.84. The number of hydrogen-bond donors (Lipinski definition) is 0. The smallest absolute Gasteiger partial charge is 0.124 e. The van der Waals surface area contributed by atoms with Crippen LogP contribution in [0.15, 0.2) is 72.8 Å². The minimum absolute atomic E-state index is 0.714. The van der Waals surface area contributed by atoms with Crippen LogP contribution < -0.4 is 9.47 Å². The lowest BCUT2D eigenvalue weighted by Crippen LogP contribution is -1.86. The summed E-state index contributed by atoms with van der Waals surface area (Å²) in [5.41, 5.74) is 4.14. The molecule has 0 fully saturated rings. The van der Waals surface area contributed by atoms with Crippen LogP contribution in [0.1, 0.15) is 0 Å². The van der Waals surface area contributed by atoms with Crippen LogP contribution in [0.4, 0.5) is 0 Å². The van der Waals surface area contributed by atoms with Gasteiger partial charge < -0.3 is 9.47 Å². The van der Waals surface area contributed by atoms with E-state index in [1.807, 2.05) is 60.7 Å². The highest BCUT2D eigenvalue weighted by molar-refractivity contribution is 7.19. The molecule has 0 atom stereocenters. The van der Waals surface area contributed by atoms with Crippen LogP contribution in [0.25, 0.3) is 32.3 Å². The number of aromatic nitrogens is 1. The molecule has 0 aliphatic carbocycles. The summed E-state index contributed by atoms with van der Waals surface area (Å²) in [6.45, 7) is 0. The SMILES string of the molecule is COc1ccc(-c2nc(-c3ccc(Cl)cc3)sc2-c2ccc(OC)cc2)cc1. The van der Waals surface area contributed by atoms with Gasteiger partial charge in [0.1, 0.15) is 16.5 Å². The Bertz CT molecular complexity index is 1010. The fraction of sp³-hybridized carbons (Fsp3) is 0.0870. The minimum Gasteiger partial charge on any atom is -0.497 e. The Kier molecular flexibility index (Phi) is 5.33. The molecule has 3 aromatic carbocycles. The van der Waals surface area contributed by atoms with Gasteiger partial charge in [-0.25, -0.2) is 4.98 Å². The minimum atomic E-state index is 0.714. The molecule has 0 radical (unpaired) electrons. The van der Waals surface area contributed by atoms with Crippen LogP contribution in [0, 0.1) is 0 Å². The van der Waals surface area contributed by atoms with Crippen LogP contribution >= 0.6 is 22.9 Å². The second-order valence-corrected chi connectivity index (χ2v) is 7.60. The molecule has 0 N–H and O–H groups in total. The standard InChI is InChI=1S/C23H18ClNO2S/c1-26-19-11-5-15(6-12-19)21-22(16-7-13-20(27-2)14-8-16)28-23(25-21)17-3-9-18(24)10-4-17/h3-14H,1-2H3. The maximum atomic E-state index is 6.04. The highest BCUT2D eigenvalue weighted by atomic mass is 35.5. The van der Waals surface area contributed by atoms with E-state index in [2.05, 4.69) is 12.1 Å². The molecule has 0 saturated carbocycles. The topological polar surface area (TPSA) is 31.4 Å². The molecule has 0 bridgehead atoms. The summed E-state index contributed by atoms with van der Waals surface area (Å²) < 4.78 is 10.6. The summed E-state index contributed by atoms with van der Waals surface area (Å²) in [7, 11) is 3.34. The number of nitrogens with zero attached hydrogens (tertiary/aromatic N) is 1. The van der Waals surface area contributed by atoms with Gasteiger partial charge in [0, 0.05) is 16.1 Å². The number of methoxy groups -OCH3 is 2. The molecular formula is C23H18ClNO2S. The highest BCUT2D eigenvalue weighted by Gasteiger charge is 2.16. The van der Waals surface area contributed by atoms with Crippen molar-refractivity contribution in [3.8, 4) is 43.8 Å². The zero-order valence-corrected chi connectivity index (χ0v) is 17.1. The molecule has 4 rings (SSSR count). The van der Waals surface area contributed by atoms with Gasteiger partial charge in [-0.1, -0.05) is 23.7 Å². The molecule has 1 heterocycles. The van der Waals surface area contributed by atoms with Gasteiger partial charge in [0.15, 0.2) is 0 Å². The van der Waals surface area contributed by atoms with Gasteiger partial charge in [-0.3, -0.25) is 0 Å². The Balaban J connectivity index is 1.84. The molecule has 5 heteroatoms. The maximum absolute atomic E-state index is 6.04. The van der Waals surface area contributed by atoms with E-state index in [1.54, 1.807) is 25.6 Å². The van der Waals surface area contributed by atoms with Crippen molar-refractivity contribution in [1.82, 2.24) is 4.98 Å². The van der Waals surface area contributed by atoms with Crippen molar-refractivity contribution in [2.45, 2.75) is 0 Å². The predicted octanol–water partition coefficient (Wildman–Crippen LogP) is 6.81. The van der Waals surface area contributed by atoms with Gasteiger partial charge in [-0.05, 0) is 66.2 Å². The molecular weight excluding hydrogens is 390 g/mol. The van der Waals surface area contributed by atoms with Crippen LogP contribution in [-0.2, 0) is 0 Å². The lowest BCUT2D eigenvalue weighted by Gasteiger charge is -2.05. The molecule has 0 spiro atoms. The van der Waals surface area contributed by atoms with Crippen LogP contribution in [-0.4, -0.2) is 19.2 Å². The van der Waals surface area contributed by atoms with E-state index in [0.29, 0.717) is 5.02 Å². The highest BCUT2D eigenvalue weighted by Crippen LogP contribution is 2.41. The van der Waals surface area contributed by atoms with E-state index in [0.717, 1.165) is 43.8 Å². The van der Waals surface area contributed by atoms with Crippen molar-refractivity contribution < 1.29 is 9.47 Å². The third kappa shape index (κ3) is 3.75. The van der Waals surface area contributed by atoms with Crippen LogP contribution in [0.3, 0.4) is 0 Å². The molecule has 3 nitrogen and oxygen atoms in total. The molecule has 0 amide bonds. The van der Waals surface area contributed by atoms with Crippen molar-refractivity contribution in [1.29, 1.82) is 0 Å². The quantitative estimate of drug-likeness (QED) is 0.364. The van der Waals surface area contributed by atoms with Crippen molar-refractivity contribution in [3.63, 3.8) is 0 Å². The first kappa shape index (κ1) is 18.5. The number of ether oxygens (including phenoxy) is 2. The Labute approximate surface area is 173 Å². The first-order valence-electron chi connectivity index (χ1n) is 8.73. The number of hydrogen-bond acceptors (Lipinski definition) is 4. The zero-order valence-electron chi connectivity index (χ0n) is 15.5. The normalized spacial score (nSPS) is 10.7. The molecule has 0 aliphatic rings. The first-order chi connectivity index (χ1) is 13.7. The first-order valence-corrected chi connectivity index (χ1v) is 9.93. The second-order valence-electron chi connectivity index (χ2n) is 6.16. The molecule has 0 unspecified atom stereocenters. The molecule has 4 aromatic rings. The second kappa shape index (κ2) is 8.05. The van der Waals surface area contributed by atoms with Gasteiger partial charge in [0.2, 0.25) is 0 Å². The van der Waals surface area contributed by atoms with Gasteiger partial charge in [-0.2, -0.15) is 0 Å². The predicted molar refractivity (Wildman–Crippen MR) is 117 cm³/mol. The summed E-state index contributed by atoms with van der Waals surface area (Å²) in [6.07, 6.45) is 0. The van der Waals surface area contributed by atoms with E-state index in [4.69, 9.17) is 26.1 Å². The molecule has 140 valence electrons. The summed E-state index contributed by atoms with van der Waals surface area (Å²) in [5.74, 6) is 1.65. The van der Waals surface area contributed by atoms with Crippen LogP contribution in [0.5, 0.6) is 11.5 Å². The fourth-order valence-electron chi connectivity index (χ4n) is 2.92. The van der Waals surface area contributed by atoms with E-state index >= 15 is 0 Å². The number of halogens is 1. The van der Waals surface area contributed by atoms with Crippen LogP contribution in [0.2, 0.25) is 5.02 Å². The average molecular weight is 408 g/mol. The van der Waals surface area contributed by atoms with E-state index < -0.39 is 0 Å². The third-order valence-electron chi connectivity index (χ3n) is 4.43. The van der Waals surface area contributed by atoms with E-state index in [9.17, 15) is 0 Å². The molecule has 0 aliphatic heterocycles. The van der Waals surface area contributed by atoms with Gasteiger partial charge in [0.05, 0.1) is 24.8 Å². The van der Waals surface area contributed by atoms with Crippen molar-refractivity contribution >= 4 is 22.9 Å². The summed E-state index contributed by atoms with van der Waals surface area (Å²) >= 11 is 7.71.